The Hall–Kier alpha value is -0.220. The third-order valence-corrected chi connectivity index (χ3v) is 3.28. The fourth-order valence-electron chi connectivity index (χ4n) is 2.35. The van der Waals surface area contributed by atoms with Crippen molar-refractivity contribution in [3.63, 3.8) is 0 Å². The topological polar surface area (TPSA) is 21.3 Å². The molecule has 0 bridgehead atoms. The molecule has 1 rings (SSSR count). The molecule has 0 amide bonds. The van der Waals surface area contributed by atoms with Gasteiger partial charge in [-0.2, -0.15) is 0 Å². The number of hydrogen-bond acceptors (Lipinski definition) is 2. The lowest BCUT2D eigenvalue weighted by Gasteiger charge is -2.29. The van der Waals surface area contributed by atoms with Crippen molar-refractivity contribution in [3.8, 4) is 0 Å². The molecule has 1 N–H and O–H groups in total. The summed E-state index contributed by atoms with van der Waals surface area (Å²) in [7, 11) is 0. The number of hydrogen-bond donors (Lipinski definition) is 1. The van der Waals surface area contributed by atoms with Crippen molar-refractivity contribution in [2.75, 3.05) is 19.8 Å². The van der Waals surface area contributed by atoms with E-state index in [0.29, 0.717) is 19.2 Å². The van der Waals surface area contributed by atoms with Gasteiger partial charge in [0.2, 0.25) is 0 Å². The van der Waals surface area contributed by atoms with E-state index in [2.05, 4.69) is 12.2 Å². The smallest absolute Gasteiger partial charge is 0.261 e. The standard InChI is InChI=1S/C12H23F2NO/c1-2-10-4-3-5-11(8-10)15-6-7-16-9-12(13)14/h10-12,15H,2-9H2,1H3. The highest BCUT2D eigenvalue weighted by Crippen LogP contribution is 2.26. The maximum atomic E-state index is 11.8. The van der Waals surface area contributed by atoms with E-state index in [9.17, 15) is 8.78 Å². The molecule has 2 nitrogen and oxygen atoms in total. The quantitative estimate of drug-likeness (QED) is 0.685. The largest absolute Gasteiger partial charge is 0.374 e. The summed E-state index contributed by atoms with van der Waals surface area (Å²) in [6.07, 6.45) is 3.97. The van der Waals surface area contributed by atoms with Gasteiger partial charge in [-0.1, -0.05) is 26.2 Å². The average molecular weight is 235 g/mol. The summed E-state index contributed by atoms with van der Waals surface area (Å²) in [5.74, 6) is 0.841. The third-order valence-electron chi connectivity index (χ3n) is 3.28. The molecule has 0 heterocycles. The highest BCUT2D eigenvalue weighted by atomic mass is 19.3. The molecule has 0 spiro atoms. The number of ether oxygens (including phenoxy) is 1. The Balaban J connectivity index is 1.99. The van der Waals surface area contributed by atoms with E-state index < -0.39 is 13.0 Å². The first-order valence-corrected chi connectivity index (χ1v) is 6.31. The highest BCUT2D eigenvalue weighted by Gasteiger charge is 2.19. The Morgan fingerprint density at radius 1 is 1.38 bits per heavy atom. The zero-order chi connectivity index (χ0) is 11.8. The molecule has 2 atom stereocenters. The van der Waals surface area contributed by atoms with Crippen LogP contribution >= 0.6 is 0 Å². The Kier molecular flexibility index (Phi) is 6.88. The summed E-state index contributed by atoms with van der Waals surface area (Å²) < 4.78 is 28.4. The number of alkyl halides is 2. The summed E-state index contributed by atoms with van der Waals surface area (Å²) in [5.41, 5.74) is 0. The van der Waals surface area contributed by atoms with Crippen LogP contribution in [0.15, 0.2) is 0 Å². The van der Waals surface area contributed by atoms with Crippen molar-refractivity contribution < 1.29 is 13.5 Å². The second kappa shape index (κ2) is 7.96. The van der Waals surface area contributed by atoms with Gasteiger partial charge in [0.15, 0.2) is 0 Å². The predicted molar refractivity (Wildman–Crippen MR) is 60.9 cm³/mol. The van der Waals surface area contributed by atoms with Crippen molar-refractivity contribution in [3.05, 3.63) is 0 Å². The third kappa shape index (κ3) is 5.75. The van der Waals surface area contributed by atoms with Gasteiger partial charge in [0.05, 0.1) is 6.61 Å². The van der Waals surface area contributed by atoms with E-state index in [-0.39, 0.29) is 0 Å². The lowest BCUT2D eigenvalue weighted by Crippen LogP contribution is -2.36. The first-order chi connectivity index (χ1) is 7.72. The molecule has 0 aromatic heterocycles. The predicted octanol–water partition coefficient (Wildman–Crippen LogP) is 2.83. The molecule has 0 saturated heterocycles. The minimum absolute atomic E-state index is 0.387. The molecule has 1 aliphatic carbocycles. The van der Waals surface area contributed by atoms with Crippen LogP contribution in [0.2, 0.25) is 0 Å². The van der Waals surface area contributed by atoms with Crippen LogP contribution in [0.4, 0.5) is 8.78 Å². The van der Waals surface area contributed by atoms with Gasteiger partial charge in [0.25, 0.3) is 6.43 Å². The van der Waals surface area contributed by atoms with Gasteiger partial charge in [-0.25, -0.2) is 8.78 Å². The van der Waals surface area contributed by atoms with Crippen LogP contribution in [0.5, 0.6) is 0 Å². The van der Waals surface area contributed by atoms with Gasteiger partial charge < -0.3 is 10.1 Å². The van der Waals surface area contributed by atoms with Gasteiger partial charge in [-0.05, 0) is 18.8 Å². The van der Waals surface area contributed by atoms with Crippen molar-refractivity contribution in [2.45, 2.75) is 51.5 Å². The number of nitrogens with one attached hydrogen (secondary N) is 1. The van der Waals surface area contributed by atoms with Gasteiger partial charge >= 0.3 is 0 Å². The molecule has 0 aliphatic heterocycles. The van der Waals surface area contributed by atoms with Gasteiger partial charge in [0.1, 0.15) is 6.61 Å². The molecule has 0 radical (unpaired) electrons. The summed E-state index contributed by atoms with van der Waals surface area (Å²) in [4.78, 5) is 0. The second-order valence-electron chi connectivity index (χ2n) is 4.56. The normalized spacial score (nSPS) is 26.2. The summed E-state index contributed by atoms with van der Waals surface area (Å²) >= 11 is 0. The minimum Gasteiger partial charge on any atom is -0.374 e. The van der Waals surface area contributed by atoms with E-state index in [4.69, 9.17) is 4.74 Å². The van der Waals surface area contributed by atoms with E-state index in [0.717, 1.165) is 5.92 Å². The van der Waals surface area contributed by atoms with Crippen LogP contribution < -0.4 is 5.32 Å². The van der Waals surface area contributed by atoms with E-state index in [1.807, 2.05) is 0 Å². The maximum Gasteiger partial charge on any atom is 0.261 e. The first kappa shape index (κ1) is 13.8. The zero-order valence-electron chi connectivity index (χ0n) is 10.1. The van der Waals surface area contributed by atoms with Crippen molar-refractivity contribution in [2.24, 2.45) is 5.92 Å². The molecule has 1 saturated carbocycles. The van der Waals surface area contributed by atoms with Crippen LogP contribution in [-0.2, 0) is 4.74 Å². The fourth-order valence-corrected chi connectivity index (χ4v) is 2.35. The van der Waals surface area contributed by atoms with E-state index in [1.54, 1.807) is 0 Å². The summed E-state index contributed by atoms with van der Waals surface area (Å²) in [6, 6.07) is 0.564. The van der Waals surface area contributed by atoms with Crippen molar-refractivity contribution in [1.29, 1.82) is 0 Å². The Labute approximate surface area is 96.7 Å². The molecular formula is C12H23F2NO. The fraction of sp³-hybridized carbons (Fsp3) is 1.00. The average Bonchev–Trinajstić information content (AvgIpc) is 2.28. The summed E-state index contributed by atoms with van der Waals surface area (Å²) in [6.45, 7) is 2.87. The maximum absolute atomic E-state index is 11.8. The minimum atomic E-state index is -2.35. The number of halogens is 2. The van der Waals surface area contributed by atoms with Crippen molar-refractivity contribution >= 4 is 0 Å². The highest BCUT2D eigenvalue weighted by molar-refractivity contribution is 4.77. The van der Waals surface area contributed by atoms with Gasteiger partial charge in [0, 0.05) is 12.6 Å². The molecular weight excluding hydrogens is 212 g/mol. The van der Waals surface area contributed by atoms with Gasteiger partial charge in [-0.15, -0.1) is 0 Å². The van der Waals surface area contributed by atoms with E-state index in [1.165, 1.54) is 32.1 Å². The molecule has 4 heteroatoms. The molecule has 2 unspecified atom stereocenters. The Morgan fingerprint density at radius 3 is 2.88 bits per heavy atom. The second-order valence-corrected chi connectivity index (χ2v) is 4.56. The lowest BCUT2D eigenvalue weighted by atomic mass is 9.84. The van der Waals surface area contributed by atoms with Crippen LogP contribution in [0, 0.1) is 5.92 Å². The molecule has 0 aromatic carbocycles. The molecule has 1 fully saturated rings. The van der Waals surface area contributed by atoms with Crippen LogP contribution in [0.1, 0.15) is 39.0 Å². The van der Waals surface area contributed by atoms with Crippen LogP contribution in [0.3, 0.4) is 0 Å². The Morgan fingerprint density at radius 2 is 2.19 bits per heavy atom. The molecule has 1 aliphatic rings. The SMILES string of the molecule is CCC1CCCC(NCCOCC(F)F)C1. The van der Waals surface area contributed by atoms with E-state index >= 15 is 0 Å². The molecule has 0 aromatic rings. The monoisotopic (exact) mass is 235 g/mol. The Bertz CT molecular complexity index is 178. The molecule has 16 heavy (non-hydrogen) atoms. The first-order valence-electron chi connectivity index (χ1n) is 6.31. The van der Waals surface area contributed by atoms with Crippen LogP contribution in [-0.4, -0.2) is 32.2 Å². The number of rotatable bonds is 7. The van der Waals surface area contributed by atoms with Crippen molar-refractivity contribution in [1.82, 2.24) is 5.32 Å². The lowest BCUT2D eigenvalue weighted by molar-refractivity contribution is 0.0177. The van der Waals surface area contributed by atoms with Gasteiger partial charge in [-0.3, -0.25) is 0 Å². The zero-order valence-corrected chi connectivity index (χ0v) is 10.1. The molecule has 96 valence electrons. The summed E-state index contributed by atoms with van der Waals surface area (Å²) in [5, 5.41) is 3.39. The van der Waals surface area contributed by atoms with Crippen LogP contribution in [0.25, 0.3) is 0 Å².